The first-order valence-corrected chi connectivity index (χ1v) is 9.00. The minimum Gasteiger partial charge on any atom is -0.277 e. The number of aryl methyl sites for hydroxylation is 2. The highest BCUT2D eigenvalue weighted by Gasteiger charge is 2.26. The SMILES string of the molecule is Cc1ccc(F)c(S(=O)(=O)Nc2ccc(C)c(C(C)(C)C)c2F)c1. The second-order valence-corrected chi connectivity index (χ2v) is 8.56. The summed E-state index contributed by atoms with van der Waals surface area (Å²) in [7, 11) is -4.23. The van der Waals surface area contributed by atoms with Gasteiger partial charge in [-0.3, -0.25) is 4.72 Å². The molecule has 3 nitrogen and oxygen atoms in total. The molecule has 0 spiro atoms. The van der Waals surface area contributed by atoms with Crippen LogP contribution in [-0.2, 0) is 15.4 Å². The Bertz CT molecular complexity index is 885. The Morgan fingerprint density at radius 3 is 2.21 bits per heavy atom. The van der Waals surface area contributed by atoms with Crippen LogP contribution < -0.4 is 4.72 Å². The zero-order valence-electron chi connectivity index (χ0n) is 14.4. The van der Waals surface area contributed by atoms with Crippen LogP contribution in [0.15, 0.2) is 35.2 Å². The van der Waals surface area contributed by atoms with E-state index in [1.807, 2.05) is 20.8 Å². The Hall–Kier alpha value is -1.95. The number of hydrogen-bond donors (Lipinski definition) is 1. The van der Waals surface area contributed by atoms with Crippen molar-refractivity contribution in [1.29, 1.82) is 0 Å². The summed E-state index contributed by atoms with van der Waals surface area (Å²) in [6.07, 6.45) is 0. The van der Waals surface area contributed by atoms with E-state index in [0.29, 0.717) is 11.1 Å². The molecule has 2 aromatic rings. The quantitative estimate of drug-likeness (QED) is 0.871. The Morgan fingerprint density at radius 1 is 1.00 bits per heavy atom. The normalized spacial score (nSPS) is 12.3. The molecule has 0 fully saturated rings. The Balaban J connectivity index is 2.54. The van der Waals surface area contributed by atoms with Gasteiger partial charge in [0.15, 0.2) is 5.82 Å². The van der Waals surface area contributed by atoms with Crippen LogP contribution in [0.1, 0.15) is 37.5 Å². The molecule has 0 aliphatic heterocycles. The monoisotopic (exact) mass is 353 g/mol. The fraction of sp³-hybridized carbons (Fsp3) is 0.333. The van der Waals surface area contributed by atoms with Crippen molar-refractivity contribution in [1.82, 2.24) is 0 Å². The smallest absolute Gasteiger partial charge is 0.264 e. The number of rotatable bonds is 3. The highest BCUT2D eigenvalue weighted by molar-refractivity contribution is 7.92. The van der Waals surface area contributed by atoms with E-state index in [1.54, 1.807) is 19.9 Å². The van der Waals surface area contributed by atoms with Gasteiger partial charge in [-0.05, 0) is 54.2 Å². The number of sulfonamides is 1. The zero-order chi connectivity index (χ0) is 18.3. The third kappa shape index (κ3) is 3.59. The molecule has 0 radical (unpaired) electrons. The van der Waals surface area contributed by atoms with Gasteiger partial charge in [0.2, 0.25) is 0 Å². The van der Waals surface area contributed by atoms with Gasteiger partial charge in [0.05, 0.1) is 5.69 Å². The van der Waals surface area contributed by atoms with Gasteiger partial charge in [-0.15, -0.1) is 0 Å². The van der Waals surface area contributed by atoms with Crippen molar-refractivity contribution in [2.24, 2.45) is 0 Å². The minimum atomic E-state index is -4.23. The molecular weight excluding hydrogens is 332 g/mol. The lowest BCUT2D eigenvalue weighted by atomic mass is 9.83. The molecule has 6 heteroatoms. The molecule has 2 rings (SSSR count). The van der Waals surface area contributed by atoms with Crippen molar-refractivity contribution in [3.63, 3.8) is 0 Å². The molecular formula is C18H21F2NO2S. The maximum absolute atomic E-state index is 14.8. The second kappa shape index (κ2) is 6.16. The molecule has 2 aromatic carbocycles. The van der Waals surface area contributed by atoms with Gasteiger partial charge in [0.1, 0.15) is 10.7 Å². The van der Waals surface area contributed by atoms with E-state index < -0.39 is 32.0 Å². The summed E-state index contributed by atoms with van der Waals surface area (Å²) in [5.41, 5.74) is 1.06. The van der Waals surface area contributed by atoms with Crippen molar-refractivity contribution in [3.8, 4) is 0 Å². The Kier molecular flexibility index (Phi) is 4.72. The fourth-order valence-electron chi connectivity index (χ4n) is 2.69. The molecule has 130 valence electrons. The molecule has 0 heterocycles. The molecule has 24 heavy (non-hydrogen) atoms. The lowest BCUT2D eigenvalue weighted by Gasteiger charge is -2.24. The van der Waals surface area contributed by atoms with Crippen molar-refractivity contribution < 1.29 is 17.2 Å². The van der Waals surface area contributed by atoms with Crippen LogP contribution in [0.3, 0.4) is 0 Å². The van der Waals surface area contributed by atoms with E-state index in [2.05, 4.69) is 4.72 Å². The highest BCUT2D eigenvalue weighted by atomic mass is 32.2. The maximum atomic E-state index is 14.8. The average Bonchev–Trinajstić information content (AvgIpc) is 2.43. The first-order valence-electron chi connectivity index (χ1n) is 7.52. The summed E-state index contributed by atoms with van der Waals surface area (Å²) in [6.45, 7) is 8.95. The molecule has 0 bridgehead atoms. The van der Waals surface area contributed by atoms with E-state index >= 15 is 0 Å². The molecule has 0 aliphatic carbocycles. The van der Waals surface area contributed by atoms with Crippen molar-refractivity contribution in [2.45, 2.75) is 44.9 Å². The predicted molar refractivity (Wildman–Crippen MR) is 91.8 cm³/mol. The van der Waals surface area contributed by atoms with Crippen molar-refractivity contribution in [3.05, 3.63) is 58.7 Å². The predicted octanol–water partition coefficient (Wildman–Crippen LogP) is 4.68. The van der Waals surface area contributed by atoms with Crippen LogP contribution in [0.4, 0.5) is 14.5 Å². The zero-order valence-corrected chi connectivity index (χ0v) is 15.2. The number of hydrogen-bond acceptors (Lipinski definition) is 2. The van der Waals surface area contributed by atoms with Gasteiger partial charge in [-0.1, -0.05) is 32.9 Å². The largest absolute Gasteiger partial charge is 0.277 e. The number of benzene rings is 2. The van der Waals surface area contributed by atoms with E-state index in [0.717, 1.165) is 11.6 Å². The Morgan fingerprint density at radius 2 is 1.62 bits per heavy atom. The summed E-state index contributed by atoms with van der Waals surface area (Å²) >= 11 is 0. The van der Waals surface area contributed by atoms with Gasteiger partial charge in [-0.2, -0.15) is 0 Å². The van der Waals surface area contributed by atoms with E-state index in [4.69, 9.17) is 0 Å². The third-order valence-corrected chi connectivity index (χ3v) is 5.10. The first kappa shape index (κ1) is 18.4. The number of anilines is 1. The van der Waals surface area contributed by atoms with Gasteiger partial charge in [0, 0.05) is 0 Å². The molecule has 0 unspecified atom stereocenters. The van der Waals surface area contributed by atoms with Gasteiger partial charge < -0.3 is 0 Å². The van der Waals surface area contributed by atoms with Crippen molar-refractivity contribution in [2.75, 3.05) is 4.72 Å². The van der Waals surface area contributed by atoms with E-state index in [1.165, 1.54) is 18.2 Å². The third-order valence-electron chi connectivity index (χ3n) is 3.72. The second-order valence-electron chi connectivity index (χ2n) is 6.91. The molecule has 0 atom stereocenters. The molecule has 0 aliphatic rings. The van der Waals surface area contributed by atoms with Crippen LogP contribution in [-0.4, -0.2) is 8.42 Å². The van der Waals surface area contributed by atoms with Crippen LogP contribution in [0.5, 0.6) is 0 Å². The summed E-state index contributed by atoms with van der Waals surface area (Å²) in [6, 6.07) is 6.77. The minimum absolute atomic E-state index is 0.188. The fourth-order valence-corrected chi connectivity index (χ4v) is 3.91. The standard InChI is InChI=1S/C18H21F2NO2S/c1-11-6-8-13(19)15(10-11)24(22,23)21-14-9-7-12(2)16(17(14)20)18(3,4)5/h6-10,21H,1-5H3. The summed E-state index contributed by atoms with van der Waals surface area (Å²) < 4.78 is 55.8. The van der Waals surface area contributed by atoms with Crippen LogP contribution in [0, 0.1) is 25.5 Å². The van der Waals surface area contributed by atoms with Gasteiger partial charge >= 0.3 is 0 Å². The topological polar surface area (TPSA) is 46.2 Å². The molecule has 0 amide bonds. The average molecular weight is 353 g/mol. The maximum Gasteiger partial charge on any atom is 0.264 e. The Labute approximate surface area is 141 Å². The van der Waals surface area contributed by atoms with Gasteiger partial charge in [-0.25, -0.2) is 17.2 Å². The van der Waals surface area contributed by atoms with Crippen LogP contribution in [0.2, 0.25) is 0 Å². The van der Waals surface area contributed by atoms with Gasteiger partial charge in [0.25, 0.3) is 10.0 Å². The molecule has 0 saturated carbocycles. The summed E-state index contributed by atoms with van der Waals surface area (Å²) in [5, 5.41) is 0. The summed E-state index contributed by atoms with van der Waals surface area (Å²) in [4.78, 5) is -0.500. The summed E-state index contributed by atoms with van der Waals surface area (Å²) in [5.74, 6) is -1.52. The lowest BCUT2D eigenvalue weighted by molar-refractivity contribution is 0.521. The van der Waals surface area contributed by atoms with E-state index in [9.17, 15) is 17.2 Å². The number of halogens is 2. The number of nitrogens with one attached hydrogen (secondary N) is 1. The molecule has 0 aromatic heterocycles. The molecule has 0 saturated heterocycles. The first-order chi connectivity index (χ1) is 10.9. The van der Waals surface area contributed by atoms with Crippen LogP contribution >= 0.6 is 0 Å². The van der Waals surface area contributed by atoms with E-state index in [-0.39, 0.29) is 5.69 Å². The lowest BCUT2D eigenvalue weighted by Crippen LogP contribution is -2.20. The van der Waals surface area contributed by atoms with Crippen molar-refractivity contribution >= 4 is 15.7 Å². The highest BCUT2D eigenvalue weighted by Crippen LogP contribution is 2.33. The molecule has 1 N–H and O–H groups in total. The van der Waals surface area contributed by atoms with Crippen LogP contribution in [0.25, 0.3) is 0 Å².